The molecule has 0 bridgehead atoms. The van der Waals surface area contributed by atoms with Crippen LogP contribution in [0.2, 0.25) is 0 Å². The molecule has 9 nitrogen and oxygen atoms in total. The van der Waals surface area contributed by atoms with Crippen LogP contribution in [0, 0.1) is 19.7 Å². The molecule has 1 aromatic carbocycles. The minimum atomic E-state index is -4.57. The predicted octanol–water partition coefficient (Wildman–Crippen LogP) is 4.38. The first-order valence-electron chi connectivity index (χ1n) is 11.3. The lowest BCUT2D eigenvalue weighted by atomic mass is 10.0. The fourth-order valence-electron chi connectivity index (χ4n) is 3.74. The molecule has 3 aromatic heterocycles. The van der Waals surface area contributed by atoms with Crippen LogP contribution in [0.5, 0.6) is 5.75 Å². The van der Waals surface area contributed by atoms with Crippen LogP contribution < -0.4 is 15.4 Å². The van der Waals surface area contributed by atoms with Gasteiger partial charge in [0, 0.05) is 30.3 Å². The van der Waals surface area contributed by atoms with Crippen molar-refractivity contribution in [2.45, 2.75) is 33.5 Å². The minimum Gasteiger partial charge on any atom is -0.484 e. The van der Waals surface area contributed by atoms with Crippen molar-refractivity contribution in [3.05, 3.63) is 70.9 Å². The van der Waals surface area contributed by atoms with Gasteiger partial charge in [-0.25, -0.2) is 13.9 Å². The van der Waals surface area contributed by atoms with Gasteiger partial charge in [-0.2, -0.15) is 18.3 Å². The molecular weight excluding hydrogens is 508 g/mol. The third-order valence-corrected chi connectivity index (χ3v) is 5.40. The van der Waals surface area contributed by atoms with Gasteiger partial charge in [-0.3, -0.25) is 14.6 Å². The zero-order valence-corrected chi connectivity index (χ0v) is 20.5. The molecule has 0 aliphatic carbocycles. The van der Waals surface area contributed by atoms with Crippen molar-refractivity contribution in [1.29, 1.82) is 0 Å². The summed E-state index contributed by atoms with van der Waals surface area (Å²) in [6.07, 6.45) is -3.03. The summed E-state index contributed by atoms with van der Waals surface area (Å²) in [4.78, 5) is 33.0. The number of anilines is 1. The minimum absolute atomic E-state index is 0.0442. The first-order chi connectivity index (χ1) is 17.9. The number of nitrogens with zero attached hydrogens (tertiary/aromatic N) is 4. The van der Waals surface area contributed by atoms with Gasteiger partial charge in [0.25, 0.3) is 5.91 Å². The third kappa shape index (κ3) is 6.22. The number of carbonyl (C=O) groups is 2. The number of benzene rings is 1. The Balaban J connectivity index is 1.58. The summed E-state index contributed by atoms with van der Waals surface area (Å²) in [5.74, 6) is -1.40. The van der Waals surface area contributed by atoms with E-state index in [9.17, 15) is 27.2 Å². The maximum atomic E-state index is 13.8. The van der Waals surface area contributed by atoms with Gasteiger partial charge in [0.1, 0.15) is 11.6 Å². The second-order valence-corrected chi connectivity index (χ2v) is 8.42. The number of ether oxygens (including phenoxy) is 1. The molecule has 13 heteroatoms. The van der Waals surface area contributed by atoms with Gasteiger partial charge < -0.3 is 15.4 Å². The van der Waals surface area contributed by atoms with Crippen LogP contribution in [0.3, 0.4) is 0 Å². The van der Waals surface area contributed by atoms with Crippen molar-refractivity contribution in [2.75, 3.05) is 11.9 Å². The lowest BCUT2D eigenvalue weighted by Crippen LogP contribution is -2.25. The topological polar surface area (TPSA) is 111 Å². The Kier molecular flexibility index (Phi) is 7.28. The summed E-state index contributed by atoms with van der Waals surface area (Å²) in [5, 5.41) is 9.67. The highest BCUT2D eigenvalue weighted by Gasteiger charge is 2.29. The molecule has 0 fully saturated rings. The van der Waals surface area contributed by atoms with Crippen LogP contribution in [0.25, 0.3) is 16.9 Å². The maximum absolute atomic E-state index is 13.8. The third-order valence-electron chi connectivity index (χ3n) is 5.40. The molecule has 198 valence electrons. The second kappa shape index (κ2) is 10.4. The number of hydrogen-bond donors (Lipinski definition) is 2. The lowest BCUT2D eigenvalue weighted by molar-refractivity contribution is -0.153. The van der Waals surface area contributed by atoms with Crippen molar-refractivity contribution < 1.29 is 31.9 Å². The van der Waals surface area contributed by atoms with Gasteiger partial charge in [-0.15, -0.1) is 0 Å². The number of rotatable bonds is 7. The molecule has 0 saturated heterocycles. The average Bonchev–Trinajstić information content (AvgIpc) is 3.22. The molecule has 2 N–H and O–H groups in total. The number of nitrogens with one attached hydrogen (secondary N) is 2. The van der Waals surface area contributed by atoms with Crippen LogP contribution >= 0.6 is 0 Å². The van der Waals surface area contributed by atoms with E-state index in [1.807, 2.05) is 0 Å². The van der Waals surface area contributed by atoms with E-state index < -0.39 is 24.5 Å². The van der Waals surface area contributed by atoms with E-state index in [0.29, 0.717) is 34.1 Å². The Bertz CT molecular complexity index is 1530. The second-order valence-electron chi connectivity index (χ2n) is 8.42. The molecule has 0 saturated carbocycles. The van der Waals surface area contributed by atoms with Crippen molar-refractivity contribution in [3.8, 4) is 17.0 Å². The van der Waals surface area contributed by atoms with Gasteiger partial charge in [0.05, 0.1) is 23.1 Å². The Morgan fingerprint density at radius 3 is 2.53 bits per heavy atom. The maximum Gasteiger partial charge on any atom is 0.422 e. The zero-order chi connectivity index (χ0) is 27.6. The molecule has 0 aliphatic rings. The van der Waals surface area contributed by atoms with Crippen LogP contribution in [-0.2, 0) is 11.3 Å². The number of hydrogen-bond acceptors (Lipinski definition) is 6. The smallest absolute Gasteiger partial charge is 0.422 e. The number of pyridine rings is 1. The zero-order valence-electron chi connectivity index (χ0n) is 20.5. The van der Waals surface area contributed by atoms with E-state index in [1.165, 1.54) is 11.4 Å². The normalized spacial score (nSPS) is 11.4. The number of halogens is 4. The number of aryl methyl sites for hydroxylation is 2. The number of aromatic nitrogens is 4. The van der Waals surface area contributed by atoms with Gasteiger partial charge in [-0.05, 0) is 50.2 Å². The number of fused-ring (bicyclic) bond motifs is 1. The summed E-state index contributed by atoms with van der Waals surface area (Å²) < 4.78 is 57.7. The molecule has 0 aliphatic heterocycles. The molecule has 0 atom stereocenters. The Morgan fingerprint density at radius 2 is 1.82 bits per heavy atom. The van der Waals surface area contributed by atoms with Crippen LogP contribution in [-0.4, -0.2) is 44.2 Å². The molecule has 0 spiro atoms. The molecule has 0 unspecified atom stereocenters. The quantitative estimate of drug-likeness (QED) is 0.343. The van der Waals surface area contributed by atoms with Crippen molar-refractivity contribution in [2.24, 2.45) is 0 Å². The van der Waals surface area contributed by atoms with Crippen LogP contribution in [0.1, 0.15) is 34.2 Å². The highest BCUT2D eigenvalue weighted by molar-refractivity contribution is 5.96. The van der Waals surface area contributed by atoms with Gasteiger partial charge in [-0.1, -0.05) is 0 Å². The first kappa shape index (κ1) is 26.5. The van der Waals surface area contributed by atoms with Gasteiger partial charge in [0.2, 0.25) is 5.91 Å². The first-order valence-corrected chi connectivity index (χ1v) is 11.3. The highest BCUT2D eigenvalue weighted by Crippen LogP contribution is 2.26. The largest absolute Gasteiger partial charge is 0.484 e. The molecule has 2 amide bonds. The predicted molar refractivity (Wildman–Crippen MR) is 129 cm³/mol. The van der Waals surface area contributed by atoms with Crippen molar-refractivity contribution >= 4 is 23.3 Å². The van der Waals surface area contributed by atoms with Crippen LogP contribution in [0.4, 0.5) is 23.4 Å². The monoisotopic (exact) mass is 530 g/mol. The van der Waals surface area contributed by atoms with E-state index in [-0.39, 0.29) is 29.3 Å². The van der Waals surface area contributed by atoms with E-state index in [1.54, 1.807) is 38.2 Å². The summed E-state index contributed by atoms with van der Waals surface area (Å²) in [5.41, 5.74) is 2.78. The molecule has 38 heavy (non-hydrogen) atoms. The Morgan fingerprint density at radius 1 is 1.05 bits per heavy atom. The summed E-state index contributed by atoms with van der Waals surface area (Å²) in [6.45, 7) is 2.92. The van der Waals surface area contributed by atoms with Crippen molar-refractivity contribution in [3.63, 3.8) is 0 Å². The summed E-state index contributed by atoms with van der Waals surface area (Å²) in [7, 11) is 0. The van der Waals surface area contributed by atoms with Gasteiger partial charge >= 0.3 is 6.18 Å². The molecule has 3 heterocycles. The molecule has 0 radical (unpaired) electrons. The molecular formula is C25H22F4N6O3. The summed E-state index contributed by atoms with van der Waals surface area (Å²) >= 11 is 0. The highest BCUT2D eigenvalue weighted by atomic mass is 19.4. The summed E-state index contributed by atoms with van der Waals surface area (Å²) in [6, 6.07) is 8.03. The molecule has 4 aromatic rings. The van der Waals surface area contributed by atoms with E-state index in [2.05, 4.69) is 25.7 Å². The fraction of sp³-hybridized carbons (Fsp3) is 0.240. The van der Waals surface area contributed by atoms with Gasteiger partial charge in [0.15, 0.2) is 18.1 Å². The lowest BCUT2D eigenvalue weighted by Gasteiger charge is -2.15. The standard InChI is InChI=1S/C25H22F4N6O3/c1-13-18(20-5-7-23-33-22(32-15(3)36)11-35(23)34-20)9-19(14(2)31-13)24(37)30-10-16-8-17(26)4-6-21(16)38-12-25(27,28)29/h4-9,11H,10,12H2,1-3H3,(H,30,37)(H,32,36). The number of imidazole rings is 1. The molecule has 4 rings (SSSR count). The van der Waals surface area contributed by atoms with Crippen LogP contribution in [0.15, 0.2) is 42.6 Å². The number of amides is 2. The van der Waals surface area contributed by atoms with E-state index >= 15 is 0 Å². The Hall–Kier alpha value is -4.55. The average molecular weight is 530 g/mol. The Labute approximate surface area is 213 Å². The number of carbonyl (C=O) groups excluding carboxylic acids is 2. The SMILES string of the molecule is CC(=O)Nc1cn2nc(-c3cc(C(=O)NCc4cc(F)ccc4OCC(F)(F)F)c(C)nc3C)ccc2n1. The van der Waals surface area contributed by atoms with E-state index in [0.717, 1.165) is 18.2 Å². The fourth-order valence-corrected chi connectivity index (χ4v) is 3.74. The van der Waals surface area contributed by atoms with Crippen molar-refractivity contribution in [1.82, 2.24) is 24.9 Å². The van der Waals surface area contributed by atoms with E-state index in [4.69, 9.17) is 4.74 Å². The number of alkyl halides is 3.